The number of carbonyl (C=O) groups excluding carboxylic acids is 2. The number of rotatable bonds is 5. The van der Waals surface area contributed by atoms with E-state index in [1.54, 1.807) is 24.4 Å². The maximum Gasteiger partial charge on any atom is 0.295 e. The summed E-state index contributed by atoms with van der Waals surface area (Å²) in [5.41, 5.74) is 0.477. The van der Waals surface area contributed by atoms with Gasteiger partial charge >= 0.3 is 0 Å². The van der Waals surface area contributed by atoms with Crippen LogP contribution in [0.3, 0.4) is 0 Å². The molecule has 1 aromatic carbocycles. The summed E-state index contributed by atoms with van der Waals surface area (Å²) < 4.78 is 0. The van der Waals surface area contributed by atoms with Gasteiger partial charge in [0.1, 0.15) is 11.8 Å². The smallest absolute Gasteiger partial charge is 0.295 e. The highest BCUT2D eigenvalue weighted by molar-refractivity contribution is 6.46. The van der Waals surface area contributed by atoms with Crippen LogP contribution in [0.25, 0.3) is 5.76 Å². The Kier molecular flexibility index (Phi) is 4.98. The van der Waals surface area contributed by atoms with Crippen LogP contribution >= 0.6 is 0 Å². The van der Waals surface area contributed by atoms with Gasteiger partial charge in [0.15, 0.2) is 0 Å². The minimum Gasteiger partial charge on any atom is -0.507 e. The van der Waals surface area contributed by atoms with Crippen molar-refractivity contribution < 1.29 is 19.6 Å². The van der Waals surface area contributed by atoms with Crippen LogP contribution in [0.15, 0.2) is 54.2 Å². The first-order valence-corrected chi connectivity index (χ1v) is 8.39. The monoisotopic (exact) mass is 367 g/mol. The molecule has 2 aromatic rings. The number of Topliss-reactive ketones (excluding diaryl/α,β-unsaturated/α-hetero) is 1. The third-order valence-corrected chi connectivity index (χ3v) is 4.32. The van der Waals surface area contributed by atoms with Crippen molar-refractivity contribution in [3.63, 3.8) is 0 Å². The minimum absolute atomic E-state index is 0.0685. The number of aromatic nitrogens is 1. The van der Waals surface area contributed by atoms with E-state index in [2.05, 4.69) is 4.98 Å². The molecule has 0 bridgehead atoms. The van der Waals surface area contributed by atoms with Crippen molar-refractivity contribution in [3.05, 3.63) is 75.6 Å². The van der Waals surface area contributed by atoms with Gasteiger partial charge in [-0.25, -0.2) is 0 Å². The average molecular weight is 367 g/mol. The van der Waals surface area contributed by atoms with Crippen molar-refractivity contribution in [2.75, 3.05) is 6.54 Å². The van der Waals surface area contributed by atoms with E-state index in [0.29, 0.717) is 18.7 Å². The Labute approximate surface area is 154 Å². The third kappa shape index (κ3) is 3.29. The number of hydrogen-bond acceptors (Lipinski definition) is 6. The lowest BCUT2D eigenvalue weighted by molar-refractivity contribution is -0.384. The molecular weight excluding hydrogens is 350 g/mol. The second kappa shape index (κ2) is 7.36. The first kappa shape index (κ1) is 18.2. The largest absolute Gasteiger partial charge is 0.507 e. The van der Waals surface area contributed by atoms with Crippen molar-refractivity contribution >= 4 is 23.1 Å². The van der Waals surface area contributed by atoms with E-state index in [1.165, 1.54) is 29.2 Å². The Balaban J connectivity index is 2.14. The molecule has 1 aromatic heterocycles. The number of aliphatic hydroxyl groups is 1. The number of nitrogens with zero attached hydrogens (tertiary/aromatic N) is 3. The highest BCUT2D eigenvalue weighted by Gasteiger charge is 2.46. The van der Waals surface area contributed by atoms with Crippen LogP contribution in [-0.2, 0) is 9.59 Å². The Morgan fingerprint density at radius 2 is 1.93 bits per heavy atom. The van der Waals surface area contributed by atoms with Gasteiger partial charge in [-0.1, -0.05) is 13.0 Å². The molecule has 8 heteroatoms. The Morgan fingerprint density at radius 1 is 1.22 bits per heavy atom. The van der Waals surface area contributed by atoms with Crippen molar-refractivity contribution in [1.29, 1.82) is 0 Å². The van der Waals surface area contributed by atoms with Crippen LogP contribution in [0.5, 0.6) is 0 Å². The molecule has 0 aliphatic carbocycles. The lowest BCUT2D eigenvalue weighted by Gasteiger charge is -2.23. The molecule has 138 valence electrons. The molecule has 27 heavy (non-hydrogen) atoms. The van der Waals surface area contributed by atoms with Crippen molar-refractivity contribution in [3.8, 4) is 0 Å². The Morgan fingerprint density at radius 3 is 2.48 bits per heavy atom. The fourth-order valence-corrected chi connectivity index (χ4v) is 3.09. The Bertz CT molecular complexity index is 922. The molecular formula is C19H17N3O5. The fourth-order valence-electron chi connectivity index (χ4n) is 3.09. The molecule has 8 nitrogen and oxygen atoms in total. The van der Waals surface area contributed by atoms with E-state index < -0.39 is 22.7 Å². The zero-order valence-corrected chi connectivity index (χ0v) is 14.5. The van der Waals surface area contributed by atoms with E-state index >= 15 is 0 Å². The van der Waals surface area contributed by atoms with Gasteiger partial charge in [0.05, 0.1) is 16.2 Å². The lowest BCUT2D eigenvalue weighted by atomic mass is 9.98. The maximum absolute atomic E-state index is 12.6. The molecule has 1 aliphatic rings. The lowest BCUT2D eigenvalue weighted by Crippen LogP contribution is -2.30. The van der Waals surface area contributed by atoms with Crippen LogP contribution in [-0.4, -0.2) is 38.1 Å². The predicted molar refractivity (Wildman–Crippen MR) is 96.6 cm³/mol. The van der Waals surface area contributed by atoms with E-state index in [-0.39, 0.29) is 22.6 Å². The topological polar surface area (TPSA) is 114 Å². The van der Waals surface area contributed by atoms with E-state index in [4.69, 9.17) is 0 Å². The number of non-ortho nitro benzene ring substituents is 1. The summed E-state index contributed by atoms with van der Waals surface area (Å²) in [7, 11) is 0. The summed E-state index contributed by atoms with van der Waals surface area (Å²) in [4.78, 5) is 41.0. The number of hydrogen-bond donors (Lipinski definition) is 1. The second-order valence-corrected chi connectivity index (χ2v) is 6.05. The molecule has 2 heterocycles. The summed E-state index contributed by atoms with van der Waals surface area (Å²) in [5, 5.41) is 21.5. The van der Waals surface area contributed by atoms with Crippen molar-refractivity contribution in [1.82, 2.24) is 9.88 Å². The van der Waals surface area contributed by atoms with E-state index in [1.807, 2.05) is 6.92 Å². The quantitative estimate of drug-likeness (QED) is 0.286. The molecule has 1 fully saturated rings. The second-order valence-electron chi connectivity index (χ2n) is 6.05. The number of pyridine rings is 1. The summed E-state index contributed by atoms with van der Waals surface area (Å²) in [5.74, 6) is -1.87. The average Bonchev–Trinajstić information content (AvgIpc) is 2.93. The molecule has 1 aliphatic heterocycles. The summed E-state index contributed by atoms with van der Waals surface area (Å²) in [6, 6.07) is 9.47. The molecule has 1 atom stereocenters. The molecule has 1 amide bonds. The van der Waals surface area contributed by atoms with Gasteiger partial charge < -0.3 is 10.0 Å². The molecule has 0 saturated carbocycles. The maximum atomic E-state index is 12.6. The molecule has 3 rings (SSSR count). The van der Waals surface area contributed by atoms with Gasteiger partial charge in [0.2, 0.25) is 0 Å². The normalized spacial score (nSPS) is 18.7. The number of aliphatic hydroxyl groups excluding tert-OH is 1. The number of ketones is 1. The third-order valence-electron chi connectivity index (χ3n) is 4.32. The van der Waals surface area contributed by atoms with Crippen molar-refractivity contribution in [2.45, 2.75) is 19.4 Å². The van der Waals surface area contributed by atoms with Crippen LogP contribution in [0.1, 0.15) is 30.6 Å². The van der Waals surface area contributed by atoms with Crippen LogP contribution < -0.4 is 0 Å². The number of nitro benzene ring substituents is 1. The van der Waals surface area contributed by atoms with Crippen LogP contribution in [0.2, 0.25) is 0 Å². The highest BCUT2D eigenvalue weighted by atomic mass is 16.6. The summed E-state index contributed by atoms with van der Waals surface area (Å²) in [6.07, 6.45) is 2.18. The number of nitro groups is 1. The van der Waals surface area contributed by atoms with Gasteiger partial charge in [0.25, 0.3) is 17.4 Å². The summed E-state index contributed by atoms with van der Waals surface area (Å²) in [6.45, 7) is 2.22. The van der Waals surface area contributed by atoms with E-state index in [0.717, 1.165) is 0 Å². The summed E-state index contributed by atoms with van der Waals surface area (Å²) >= 11 is 0. The van der Waals surface area contributed by atoms with Gasteiger partial charge in [-0.2, -0.15) is 0 Å². The number of benzene rings is 1. The van der Waals surface area contributed by atoms with Gasteiger partial charge in [0, 0.05) is 30.4 Å². The minimum atomic E-state index is -0.804. The highest BCUT2D eigenvalue weighted by Crippen LogP contribution is 2.38. The predicted octanol–water partition coefficient (Wildman–Crippen LogP) is 2.82. The SMILES string of the molecule is CCCN1C(=O)C(=O)/C(=C(\O)c2ccc([N+](=O)[O-])cc2)C1c1ccccn1. The van der Waals surface area contributed by atoms with Gasteiger partial charge in [-0.15, -0.1) is 0 Å². The van der Waals surface area contributed by atoms with Crippen LogP contribution in [0.4, 0.5) is 5.69 Å². The molecule has 1 N–H and O–H groups in total. The van der Waals surface area contributed by atoms with Crippen molar-refractivity contribution in [2.24, 2.45) is 0 Å². The van der Waals surface area contributed by atoms with E-state index in [9.17, 15) is 24.8 Å². The number of carbonyl (C=O) groups is 2. The first-order chi connectivity index (χ1) is 13.0. The number of likely N-dealkylation sites (tertiary alicyclic amines) is 1. The molecule has 1 saturated heterocycles. The Hall–Kier alpha value is -3.55. The molecule has 1 unspecified atom stereocenters. The van der Waals surface area contributed by atoms with Gasteiger partial charge in [-0.05, 0) is 30.7 Å². The first-order valence-electron chi connectivity index (χ1n) is 8.39. The van der Waals surface area contributed by atoms with Gasteiger partial charge in [-0.3, -0.25) is 24.7 Å². The zero-order chi connectivity index (χ0) is 19.6. The fraction of sp³-hybridized carbons (Fsp3) is 0.211. The molecule has 0 radical (unpaired) electrons. The van der Waals surface area contributed by atoms with Crippen LogP contribution in [0, 0.1) is 10.1 Å². The molecule has 0 spiro atoms. The zero-order valence-electron chi connectivity index (χ0n) is 14.5. The standard InChI is InChI=1S/C19H17N3O5/c1-2-11-21-16(14-5-3-4-10-20-14)15(18(24)19(21)25)17(23)12-6-8-13(9-7-12)22(26)27/h3-10,16,23H,2,11H2,1H3/b17-15-. The number of amides is 1.